The van der Waals surface area contributed by atoms with Crippen molar-refractivity contribution >= 4 is 17.6 Å². The zero-order chi connectivity index (χ0) is 15.5. The summed E-state index contributed by atoms with van der Waals surface area (Å²) < 4.78 is 5.54. The number of benzene rings is 2. The average Bonchev–Trinajstić information content (AvgIpc) is 2.41. The first-order valence-electron chi connectivity index (χ1n) is 6.62. The van der Waals surface area contributed by atoms with Gasteiger partial charge in [-0.05, 0) is 55.7 Å². The lowest BCUT2D eigenvalue weighted by Gasteiger charge is -2.21. The van der Waals surface area contributed by atoms with Crippen LogP contribution in [0.5, 0.6) is 5.75 Å². The van der Waals surface area contributed by atoms with E-state index < -0.39 is 11.6 Å². The quantitative estimate of drug-likeness (QED) is 0.901. The molecule has 0 saturated heterocycles. The summed E-state index contributed by atoms with van der Waals surface area (Å²) >= 11 is 5.87. The second kappa shape index (κ2) is 6.19. The molecule has 0 aliphatic heterocycles. The van der Waals surface area contributed by atoms with Gasteiger partial charge < -0.3 is 9.84 Å². The highest BCUT2D eigenvalue weighted by atomic mass is 35.5. The molecule has 0 aromatic heterocycles. The normalized spacial score (nSPS) is 11.2. The van der Waals surface area contributed by atoms with Crippen LogP contribution in [-0.4, -0.2) is 16.7 Å². The topological polar surface area (TPSA) is 46.5 Å². The molecule has 0 bridgehead atoms. The Labute approximate surface area is 129 Å². The Bertz CT molecular complexity index is 633. The van der Waals surface area contributed by atoms with Crippen LogP contribution in [0.25, 0.3) is 0 Å². The molecule has 1 N–H and O–H groups in total. The number of ether oxygens (including phenoxy) is 1. The monoisotopic (exact) mass is 304 g/mol. The van der Waals surface area contributed by atoms with Crippen molar-refractivity contribution in [3.63, 3.8) is 0 Å². The molecule has 3 nitrogen and oxygen atoms in total. The number of aliphatic carboxylic acids is 1. The zero-order valence-corrected chi connectivity index (χ0v) is 12.7. The van der Waals surface area contributed by atoms with E-state index in [-0.39, 0.29) is 0 Å². The average molecular weight is 305 g/mol. The Kier molecular flexibility index (Phi) is 4.53. The minimum atomic E-state index is -1.25. The number of rotatable bonds is 5. The maximum absolute atomic E-state index is 11.1. The van der Waals surface area contributed by atoms with Crippen LogP contribution in [0.2, 0.25) is 5.02 Å². The van der Waals surface area contributed by atoms with E-state index in [0.717, 1.165) is 17.5 Å². The fourth-order valence-electron chi connectivity index (χ4n) is 1.90. The number of carboxylic acids is 1. The fourth-order valence-corrected chi connectivity index (χ4v) is 2.02. The van der Waals surface area contributed by atoms with E-state index >= 15 is 0 Å². The summed E-state index contributed by atoms with van der Waals surface area (Å²) in [6.45, 7) is 3.06. The van der Waals surface area contributed by atoms with Crippen molar-refractivity contribution in [2.75, 3.05) is 0 Å². The molecule has 4 heteroatoms. The number of carboxylic acid groups (broad SMARTS) is 1. The first-order valence-corrected chi connectivity index (χ1v) is 7.00. The minimum absolute atomic E-state index is 0.550. The van der Waals surface area contributed by atoms with Crippen LogP contribution in [0.4, 0.5) is 0 Å². The maximum atomic E-state index is 11.1. The summed E-state index contributed by atoms with van der Waals surface area (Å²) in [6, 6.07) is 15.1. The molecule has 0 saturated carbocycles. The van der Waals surface area contributed by atoms with Crippen molar-refractivity contribution in [1.29, 1.82) is 0 Å². The van der Waals surface area contributed by atoms with Crippen molar-refractivity contribution in [2.45, 2.75) is 25.9 Å². The number of hydrogen-bond donors (Lipinski definition) is 1. The summed E-state index contributed by atoms with van der Waals surface area (Å²) in [7, 11) is 0. The van der Waals surface area contributed by atoms with Crippen LogP contribution in [0.1, 0.15) is 25.0 Å². The Balaban J connectivity index is 2.14. The van der Waals surface area contributed by atoms with Gasteiger partial charge in [0.1, 0.15) is 5.75 Å². The standard InChI is InChI=1S/C17H17ClO3/c1-17(2,16(19)20)21-15-5-3-4-13(11-15)10-12-6-8-14(18)9-7-12/h3-9,11H,10H2,1-2H3,(H,19,20). The molecule has 0 spiro atoms. The van der Waals surface area contributed by atoms with Gasteiger partial charge in [-0.25, -0.2) is 4.79 Å². The number of hydrogen-bond acceptors (Lipinski definition) is 2. The summed E-state index contributed by atoms with van der Waals surface area (Å²) in [5.41, 5.74) is 0.934. The van der Waals surface area contributed by atoms with Gasteiger partial charge in [-0.3, -0.25) is 0 Å². The molecular weight excluding hydrogens is 288 g/mol. The lowest BCUT2D eigenvalue weighted by atomic mass is 10.0. The summed E-state index contributed by atoms with van der Waals surface area (Å²) in [5.74, 6) is -0.445. The van der Waals surface area contributed by atoms with E-state index in [2.05, 4.69) is 0 Å². The van der Waals surface area contributed by atoms with Gasteiger partial charge in [0.25, 0.3) is 0 Å². The van der Waals surface area contributed by atoms with Crippen LogP contribution in [-0.2, 0) is 11.2 Å². The highest BCUT2D eigenvalue weighted by Crippen LogP contribution is 2.22. The molecule has 0 unspecified atom stereocenters. The van der Waals surface area contributed by atoms with Gasteiger partial charge in [-0.1, -0.05) is 35.9 Å². The van der Waals surface area contributed by atoms with Crippen molar-refractivity contribution < 1.29 is 14.6 Å². The van der Waals surface area contributed by atoms with E-state index in [1.54, 1.807) is 6.07 Å². The summed E-state index contributed by atoms with van der Waals surface area (Å²) in [6.07, 6.45) is 0.738. The van der Waals surface area contributed by atoms with E-state index in [9.17, 15) is 4.79 Å². The van der Waals surface area contributed by atoms with Crippen LogP contribution in [0.15, 0.2) is 48.5 Å². The number of halogens is 1. The van der Waals surface area contributed by atoms with Gasteiger partial charge in [0, 0.05) is 5.02 Å². The van der Waals surface area contributed by atoms with Gasteiger partial charge in [0.15, 0.2) is 5.60 Å². The Morgan fingerprint density at radius 1 is 1.14 bits per heavy atom. The molecule has 0 fully saturated rings. The third-order valence-corrected chi connectivity index (χ3v) is 3.36. The Hall–Kier alpha value is -2.00. The molecule has 0 aliphatic rings. The van der Waals surface area contributed by atoms with E-state index in [0.29, 0.717) is 10.8 Å². The lowest BCUT2D eigenvalue weighted by molar-refractivity contribution is -0.152. The van der Waals surface area contributed by atoms with Crippen LogP contribution in [0, 0.1) is 0 Å². The fraction of sp³-hybridized carbons (Fsp3) is 0.235. The van der Waals surface area contributed by atoms with Crippen molar-refractivity contribution in [1.82, 2.24) is 0 Å². The summed E-state index contributed by atoms with van der Waals surface area (Å²) in [4.78, 5) is 11.1. The van der Waals surface area contributed by atoms with Gasteiger partial charge in [-0.15, -0.1) is 0 Å². The van der Waals surface area contributed by atoms with E-state index in [4.69, 9.17) is 21.4 Å². The predicted molar refractivity (Wildman–Crippen MR) is 83.0 cm³/mol. The third-order valence-electron chi connectivity index (χ3n) is 3.11. The molecule has 2 rings (SSSR count). The van der Waals surface area contributed by atoms with E-state index in [1.165, 1.54) is 13.8 Å². The second-order valence-electron chi connectivity index (χ2n) is 5.37. The van der Waals surface area contributed by atoms with Gasteiger partial charge in [0.2, 0.25) is 0 Å². The Morgan fingerprint density at radius 2 is 1.81 bits per heavy atom. The molecule has 0 heterocycles. The molecule has 0 atom stereocenters. The zero-order valence-electron chi connectivity index (χ0n) is 12.0. The van der Waals surface area contributed by atoms with Crippen LogP contribution < -0.4 is 4.74 Å². The third kappa shape index (κ3) is 4.23. The number of carbonyl (C=O) groups is 1. The first kappa shape index (κ1) is 15.4. The highest BCUT2D eigenvalue weighted by Gasteiger charge is 2.29. The molecule has 2 aromatic carbocycles. The maximum Gasteiger partial charge on any atom is 0.347 e. The lowest BCUT2D eigenvalue weighted by Crippen LogP contribution is -2.37. The van der Waals surface area contributed by atoms with Gasteiger partial charge in [-0.2, -0.15) is 0 Å². The van der Waals surface area contributed by atoms with Gasteiger partial charge >= 0.3 is 5.97 Å². The van der Waals surface area contributed by atoms with Crippen molar-refractivity contribution in [2.24, 2.45) is 0 Å². The van der Waals surface area contributed by atoms with Crippen LogP contribution in [0.3, 0.4) is 0 Å². The SMILES string of the molecule is CC(C)(Oc1cccc(Cc2ccc(Cl)cc2)c1)C(=O)O. The van der Waals surface area contributed by atoms with Crippen molar-refractivity contribution in [3.05, 3.63) is 64.7 Å². The molecule has 2 aromatic rings. The van der Waals surface area contributed by atoms with Crippen molar-refractivity contribution in [3.8, 4) is 5.75 Å². The van der Waals surface area contributed by atoms with Crippen LogP contribution >= 0.6 is 11.6 Å². The predicted octanol–water partition coefficient (Wildman–Crippen LogP) is 4.17. The molecule has 21 heavy (non-hydrogen) atoms. The summed E-state index contributed by atoms with van der Waals surface area (Å²) in [5, 5.41) is 9.80. The largest absolute Gasteiger partial charge is 0.478 e. The molecule has 0 aliphatic carbocycles. The second-order valence-corrected chi connectivity index (χ2v) is 5.80. The molecule has 0 radical (unpaired) electrons. The highest BCUT2D eigenvalue weighted by molar-refractivity contribution is 6.30. The minimum Gasteiger partial charge on any atom is -0.478 e. The first-order chi connectivity index (χ1) is 9.87. The van der Waals surface area contributed by atoms with E-state index in [1.807, 2.05) is 42.5 Å². The Morgan fingerprint density at radius 3 is 2.43 bits per heavy atom. The molecule has 0 amide bonds. The molecular formula is C17H17ClO3. The smallest absolute Gasteiger partial charge is 0.347 e. The molecule has 110 valence electrons. The van der Waals surface area contributed by atoms with Gasteiger partial charge in [0.05, 0.1) is 0 Å².